The first-order valence-corrected chi connectivity index (χ1v) is 7.91. The van der Waals surface area contributed by atoms with Crippen molar-refractivity contribution in [1.82, 2.24) is 35.6 Å². The number of hydrogen-bond donors (Lipinski definition) is 2. The summed E-state index contributed by atoms with van der Waals surface area (Å²) in [5.41, 5.74) is 1.49. The second-order valence-corrected chi connectivity index (χ2v) is 5.54. The molecule has 1 amide bonds. The van der Waals surface area contributed by atoms with Crippen LogP contribution >= 0.6 is 11.8 Å². The molecule has 0 aliphatic rings. The topological polar surface area (TPSA) is 114 Å². The monoisotopic (exact) mass is 330 g/mol. The maximum atomic E-state index is 11.9. The number of carbonyl (C=O) groups excluding carboxylic acids is 1. The van der Waals surface area contributed by atoms with Crippen LogP contribution in [0.1, 0.15) is 12.7 Å². The van der Waals surface area contributed by atoms with Gasteiger partial charge in [-0.2, -0.15) is 10.3 Å². The summed E-state index contributed by atoms with van der Waals surface area (Å²) in [7, 11) is 0. The van der Waals surface area contributed by atoms with Crippen molar-refractivity contribution in [3.05, 3.63) is 36.3 Å². The van der Waals surface area contributed by atoms with Crippen molar-refractivity contribution in [1.29, 1.82) is 0 Å². The summed E-state index contributed by atoms with van der Waals surface area (Å²) in [6, 6.07) is 7.23. The predicted molar refractivity (Wildman–Crippen MR) is 84.3 cm³/mol. The number of amides is 1. The first-order valence-electron chi connectivity index (χ1n) is 6.92. The molecule has 0 fully saturated rings. The molecule has 0 unspecified atom stereocenters. The van der Waals surface area contributed by atoms with E-state index in [-0.39, 0.29) is 11.7 Å². The summed E-state index contributed by atoms with van der Waals surface area (Å²) in [6.07, 6.45) is 2.31. The number of aromatic amines is 1. The van der Waals surface area contributed by atoms with Crippen molar-refractivity contribution in [2.75, 3.05) is 11.1 Å². The number of nitrogens with one attached hydrogen (secondary N) is 2. The molecule has 0 spiro atoms. The molecular weight excluding hydrogens is 316 g/mol. The minimum absolute atomic E-state index is 0.113. The molecule has 0 saturated heterocycles. The Labute approximate surface area is 135 Å². The van der Waals surface area contributed by atoms with Gasteiger partial charge in [0, 0.05) is 12.1 Å². The van der Waals surface area contributed by atoms with Gasteiger partial charge in [0.25, 0.3) is 0 Å². The minimum atomic E-state index is -0.113. The number of hydrogen-bond acceptors (Lipinski definition) is 7. The van der Waals surface area contributed by atoms with Crippen LogP contribution in [0.2, 0.25) is 0 Å². The fraction of sp³-hybridized carbons (Fsp3) is 0.231. The molecule has 0 aliphatic carbocycles. The fourth-order valence-electron chi connectivity index (χ4n) is 1.77. The Morgan fingerprint density at radius 2 is 2.17 bits per heavy atom. The lowest BCUT2D eigenvalue weighted by Crippen LogP contribution is -2.14. The number of aromatic nitrogens is 7. The third-order valence-electron chi connectivity index (χ3n) is 2.90. The van der Waals surface area contributed by atoms with Crippen molar-refractivity contribution in [2.24, 2.45) is 0 Å². The lowest BCUT2D eigenvalue weighted by molar-refractivity contribution is -0.113. The van der Waals surface area contributed by atoms with E-state index in [2.05, 4.69) is 36.1 Å². The van der Waals surface area contributed by atoms with Gasteiger partial charge in [-0.05, 0) is 29.5 Å². The Morgan fingerprint density at radius 3 is 2.83 bits per heavy atom. The van der Waals surface area contributed by atoms with E-state index in [1.54, 1.807) is 18.3 Å². The van der Waals surface area contributed by atoms with Gasteiger partial charge < -0.3 is 5.32 Å². The van der Waals surface area contributed by atoms with Crippen molar-refractivity contribution in [3.63, 3.8) is 0 Å². The second kappa shape index (κ2) is 7.01. The van der Waals surface area contributed by atoms with Crippen LogP contribution in [0.25, 0.3) is 5.69 Å². The predicted octanol–water partition coefficient (Wildman–Crippen LogP) is 1.07. The summed E-state index contributed by atoms with van der Waals surface area (Å²) in [5, 5.41) is 25.7. The molecule has 3 rings (SSSR count). The van der Waals surface area contributed by atoms with Crippen molar-refractivity contribution < 1.29 is 4.79 Å². The highest BCUT2D eigenvalue weighted by Gasteiger charge is 2.07. The van der Waals surface area contributed by atoms with Crippen LogP contribution in [0, 0.1) is 0 Å². The quantitative estimate of drug-likeness (QED) is 0.650. The highest BCUT2D eigenvalue weighted by molar-refractivity contribution is 7.99. The maximum Gasteiger partial charge on any atom is 0.234 e. The van der Waals surface area contributed by atoms with Crippen LogP contribution in [0.15, 0.2) is 35.5 Å². The third-order valence-corrected chi connectivity index (χ3v) is 3.80. The van der Waals surface area contributed by atoms with Gasteiger partial charge >= 0.3 is 0 Å². The molecule has 0 saturated carbocycles. The van der Waals surface area contributed by atoms with Crippen molar-refractivity contribution in [3.8, 4) is 5.69 Å². The van der Waals surface area contributed by atoms with E-state index in [4.69, 9.17) is 0 Å². The van der Waals surface area contributed by atoms with Crippen LogP contribution in [-0.4, -0.2) is 47.3 Å². The molecule has 3 aromatic rings. The van der Waals surface area contributed by atoms with E-state index in [9.17, 15) is 4.79 Å². The van der Waals surface area contributed by atoms with E-state index in [0.717, 1.165) is 12.1 Å². The zero-order valence-corrected chi connectivity index (χ0v) is 13.1. The number of nitrogens with zero attached hydrogens (tertiary/aromatic N) is 6. The molecule has 0 aliphatic heterocycles. The zero-order chi connectivity index (χ0) is 16.1. The van der Waals surface area contributed by atoms with Crippen LogP contribution < -0.4 is 5.32 Å². The van der Waals surface area contributed by atoms with E-state index in [1.807, 2.05) is 19.1 Å². The second-order valence-electron chi connectivity index (χ2n) is 4.54. The van der Waals surface area contributed by atoms with E-state index < -0.39 is 0 Å². The molecule has 0 bridgehead atoms. The van der Waals surface area contributed by atoms with Crippen molar-refractivity contribution in [2.45, 2.75) is 18.4 Å². The molecule has 118 valence electrons. The highest BCUT2D eigenvalue weighted by Crippen LogP contribution is 2.15. The summed E-state index contributed by atoms with van der Waals surface area (Å²) in [4.78, 5) is 13.3. The fourth-order valence-corrected chi connectivity index (χ4v) is 2.35. The zero-order valence-electron chi connectivity index (χ0n) is 12.3. The van der Waals surface area contributed by atoms with E-state index in [0.29, 0.717) is 16.5 Å². The SMILES string of the molecule is CCc1nnn(-c2ccc(NC(=O)CSc3cn[nH]n3)cc2)n1. The molecule has 0 radical (unpaired) electrons. The van der Waals surface area contributed by atoms with Crippen LogP contribution in [0.5, 0.6) is 0 Å². The average molecular weight is 330 g/mol. The van der Waals surface area contributed by atoms with Gasteiger partial charge in [0.15, 0.2) is 5.82 Å². The molecule has 9 nitrogen and oxygen atoms in total. The number of carbonyl (C=O) groups is 1. The summed E-state index contributed by atoms with van der Waals surface area (Å²) in [5.74, 6) is 0.837. The number of aryl methyl sites for hydroxylation is 1. The van der Waals surface area contributed by atoms with Crippen molar-refractivity contribution >= 4 is 23.4 Å². The maximum absolute atomic E-state index is 11.9. The molecular formula is C13H14N8OS. The highest BCUT2D eigenvalue weighted by atomic mass is 32.2. The first kappa shape index (κ1) is 15.2. The molecule has 2 heterocycles. The Bertz CT molecular complexity index is 768. The number of anilines is 1. The molecule has 23 heavy (non-hydrogen) atoms. The van der Waals surface area contributed by atoms with Crippen LogP contribution in [-0.2, 0) is 11.2 Å². The Kier molecular flexibility index (Phi) is 4.62. The number of tetrazole rings is 1. The van der Waals surface area contributed by atoms with Gasteiger partial charge in [-0.15, -0.1) is 20.1 Å². The minimum Gasteiger partial charge on any atom is -0.325 e. The summed E-state index contributed by atoms with van der Waals surface area (Å²) >= 11 is 1.31. The Hall–Kier alpha value is -2.75. The van der Waals surface area contributed by atoms with Gasteiger partial charge in [0.1, 0.15) is 5.03 Å². The standard InChI is InChI=1S/C13H14N8OS/c1-2-11-16-20-21(18-11)10-5-3-9(4-6-10)15-12(22)8-23-13-7-14-19-17-13/h3-7H,2,8H2,1H3,(H,15,22)(H,14,17,19). The lowest BCUT2D eigenvalue weighted by atomic mass is 10.3. The molecule has 2 N–H and O–H groups in total. The van der Waals surface area contributed by atoms with Crippen LogP contribution in [0.4, 0.5) is 5.69 Å². The molecule has 0 atom stereocenters. The molecule has 2 aromatic heterocycles. The number of thioether (sulfide) groups is 1. The molecule has 10 heteroatoms. The number of H-pyrrole nitrogens is 1. The lowest BCUT2D eigenvalue weighted by Gasteiger charge is -2.05. The average Bonchev–Trinajstić information content (AvgIpc) is 3.25. The van der Waals surface area contributed by atoms with Gasteiger partial charge in [-0.1, -0.05) is 18.7 Å². The van der Waals surface area contributed by atoms with E-state index >= 15 is 0 Å². The van der Waals surface area contributed by atoms with Gasteiger partial charge in [-0.3, -0.25) is 4.79 Å². The smallest absolute Gasteiger partial charge is 0.234 e. The van der Waals surface area contributed by atoms with Gasteiger partial charge in [-0.25, -0.2) is 0 Å². The largest absolute Gasteiger partial charge is 0.325 e. The summed E-state index contributed by atoms with van der Waals surface area (Å²) in [6.45, 7) is 1.97. The normalized spacial score (nSPS) is 10.7. The Balaban J connectivity index is 1.57. The third kappa shape index (κ3) is 3.92. The van der Waals surface area contributed by atoms with Gasteiger partial charge in [0.2, 0.25) is 5.91 Å². The van der Waals surface area contributed by atoms with Gasteiger partial charge in [0.05, 0.1) is 17.6 Å². The van der Waals surface area contributed by atoms with E-state index in [1.165, 1.54) is 16.6 Å². The first-order chi connectivity index (χ1) is 11.2. The number of benzene rings is 1. The van der Waals surface area contributed by atoms with Crippen LogP contribution in [0.3, 0.4) is 0 Å². The Morgan fingerprint density at radius 1 is 1.35 bits per heavy atom. The number of rotatable bonds is 6. The summed E-state index contributed by atoms with van der Waals surface area (Å²) < 4.78 is 0. The molecule has 1 aromatic carbocycles.